The third kappa shape index (κ3) is 4.70. The number of nitrogens with zero attached hydrogens (tertiary/aromatic N) is 1. The molecule has 1 fully saturated rings. The number of amides is 1. The number of aromatic nitrogens is 1. The number of ether oxygens (including phenoxy) is 1. The summed E-state index contributed by atoms with van der Waals surface area (Å²) < 4.78 is 5.68. The summed E-state index contributed by atoms with van der Waals surface area (Å²) in [4.78, 5) is 16.2. The Labute approximate surface area is 125 Å². The van der Waals surface area contributed by atoms with E-state index in [1.54, 1.807) is 18.3 Å². The topological polar surface area (TPSA) is 71.5 Å². The Hall–Kier alpha value is -1.62. The summed E-state index contributed by atoms with van der Waals surface area (Å²) in [6, 6.07) is 3.34. The van der Waals surface area contributed by atoms with Crippen molar-refractivity contribution in [2.75, 3.05) is 6.54 Å². The molecule has 2 rings (SSSR count). The first kappa shape index (κ1) is 15.8. The van der Waals surface area contributed by atoms with E-state index in [9.17, 15) is 9.90 Å². The molecular formula is C16H24N2O3. The van der Waals surface area contributed by atoms with Gasteiger partial charge in [-0.1, -0.05) is 13.8 Å². The molecule has 5 heteroatoms. The molecule has 0 radical (unpaired) electrons. The lowest BCUT2D eigenvalue weighted by molar-refractivity contribution is 0.0916. The van der Waals surface area contributed by atoms with Crippen LogP contribution >= 0.6 is 0 Å². The van der Waals surface area contributed by atoms with Crippen LogP contribution in [0.4, 0.5) is 0 Å². The van der Waals surface area contributed by atoms with E-state index >= 15 is 0 Å². The predicted octanol–water partition coefficient (Wildman–Crippen LogP) is 2.15. The zero-order valence-corrected chi connectivity index (χ0v) is 12.7. The van der Waals surface area contributed by atoms with Gasteiger partial charge in [0.15, 0.2) is 0 Å². The lowest BCUT2D eigenvalue weighted by Crippen LogP contribution is -2.29. The number of carbonyl (C=O) groups is 1. The molecule has 1 aliphatic rings. The van der Waals surface area contributed by atoms with Gasteiger partial charge in [0.2, 0.25) is 5.88 Å². The lowest BCUT2D eigenvalue weighted by Gasteiger charge is -2.25. The summed E-state index contributed by atoms with van der Waals surface area (Å²) in [5.41, 5.74) is 0.540. The van der Waals surface area contributed by atoms with Gasteiger partial charge in [-0.05, 0) is 37.7 Å². The zero-order valence-electron chi connectivity index (χ0n) is 12.7. The van der Waals surface area contributed by atoms with Crippen LogP contribution in [-0.2, 0) is 0 Å². The predicted molar refractivity (Wildman–Crippen MR) is 80.3 cm³/mol. The van der Waals surface area contributed by atoms with Crippen molar-refractivity contribution in [2.45, 2.75) is 51.7 Å². The minimum absolute atomic E-state index is 0.160. The van der Waals surface area contributed by atoms with Crippen molar-refractivity contribution in [2.24, 2.45) is 5.92 Å². The lowest BCUT2D eigenvalue weighted by atomic mass is 9.96. The number of rotatable bonds is 7. The van der Waals surface area contributed by atoms with Gasteiger partial charge in [0.1, 0.15) is 6.10 Å². The molecule has 1 atom stereocenters. The van der Waals surface area contributed by atoms with Crippen LogP contribution in [0.2, 0.25) is 0 Å². The Bertz CT molecular complexity index is 472. The van der Waals surface area contributed by atoms with E-state index in [1.807, 2.05) is 13.8 Å². The quantitative estimate of drug-likeness (QED) is 0.808. The van der Waals surface area contributed by atoms with Gasteiger partial charge in [-0.15, -0.1) is 0 Å². The van der Waals surface area contributed by atoms with Crippen LogP contribution in [0.1, 0.15) is 49.9 Å². The maximum absolute atomic E-state index is 12.0. The van der Waals surface area contributed by atoms with Gasteiger partial charge in [-0.3, -0.25) is 4.79 Å². The Kier molecular flexibility index (Phi) is 5.56. The third-order valence-corrected chi connectivity index (χ3v) is 3.83. The Balaban J connectivity index is 1.82. The van der Waals surface area contributed by atoms with Crippen LogP contribution in [0.15, 0.2) is 18.3 Å². The summed E-state index contributed by atoms with van der Waals surface area (Å²) in [6.45, 7) is 4.37. The molecule has 0 saturated heterocycles. The zero-order chi connectivity index (χ0) is 15.2. The minimum Gasteiger partial charge on any atom is -0.474 e. The number of hydrogen-bond acceptors (Lipinski definition) is 4. The summed E-state index contributed by atoms with van der Waals surface area (Å²) in [5, 5.41) is 12.5. The van der Waals surface area contributed by atoms with Crippen LogP contribution in [0.5, 0.6) is 5.88 Å². The Morgan fingerprint density at radius 2 is 2.29 bits per heavy atom. The molecule has 0 aromatic carbocycles. The largest absolute Gasteiger partial charge is 0.474 e. The molecule has 5 nitrogen and oxygen atoms in total. The molecule has 0 bridgehead atoms. The average molecular weight is 292 g/mol. The van der Waals surface area contributed by atoms with Gasteiger partial charge in [-0.25, -0.2) is 4.98 Å². The second-order valence-corrected chi connectivity index (χ2v) is 5.91. The molecule has 0 spiro atoms. The Morgan fingerprint density at radius 3 is 2.90 bits per heavy atom. The number of pyridine rings is 1. The third-order valence-electron chi connectivity index (χ3n) is 3.83. The maximum Gasteiger partial charge on any atom is 0.251 e. The van der Waals surface area contributed by atoms with Crippen LogP contribution in [0.3, 0.4) is 0 Å². The second kappa shape index (κ2) is 7.41. The highest BCUT2D eigenvalue weighted by molar-refractivity contribution is 5.94. The molecule has 1 unspecified atom stereocenters. The van der Waals surface area contributed by atoms with Gasteiger partial charge in [-0.2, -0.15) is 0 Å². The molecule has 1 aromatic rings. The van der Waals surface area contributed by atoms with Gasteiger partial charge in [0.25, 0.3) is 5.91 Å². The molecular weight excluding hydrogens is 268 g/mol. The first-order chi connectivity index (χ1) is 10.1. The number of carbonyl (C=O) groups excluding carboxylic acids is 1. The molecule has 1 amide bonds. The SMILES string of the molecule is CC(C)C(O)CCNC(=O)c1ccnc(OC2CCC2)c1. The molecule has 21 heavy (non-hydrogen) atoms. The summed E-state index contributed by atoms with van der Waals surface area (Å²) in [6.07, 6.45) is 5.32. The summed E-state index contributed by atoms with van der Waals surface area (Å²) >= 11 is 0. The number of aliphatic hydroxyl groups excluding tert-OH is 1. The van der Waals surface area contributed by atoms with E-state index < -0.39 is 0 Å². The highest BCUT2D eigenvalue weighted by Gasteiger charge is 2.20. The van der Waals surface area contributed by atoms with Crippen molar-refractivity contribution >= 4 is 5.91 Å². The Morgan fingerprint density at radius 1 is 1.52 bits per heavy atom. The second-order valence-electron chi connectivity index (χ2n) is 5.91. The molecule has 0 aliphatic heterocycles. The van der Waals surface area contributed by atoms with Gasteiger partial charge >= 0.3 is 0 Å². The summed E-state index contributed by atoms with van der Waals surface area (Å²) in [5.74, 6) is 0.548. The van der Waals surface area contributed by atoms with Crippen molar-refractivity contribution in [1.82, 2.24) is 10.3 Å². The first-order valence-corrected chi connectivity index (χ1v) is 7.65. The molecule has 1 aliphatic carbocycles. The molecule has 1 heterocycles. The fraction of sp³-hybridized carbons (Fsp3) is 0.625. The van der Waals surface area contributed by atoms with E-state index in [0.29, 0.717) is 24.4 Å². The fourth-order valence-corrected chi connectivity index (χ4v) is 2.04. The van der Waals surface area contributed by atoms with Crippen molar-refractivity contribution in [3.8, 4) is 5.88 Å². The van der Waals surface area contributed by atoms with E-state index in [4.69, 9.17) is 4.74 Å². The molecule has 116 valence electrons. The van der Waals surface area contributed by atoms with Crippen LogP contribution in [0.25, 0.3) is 0 Å². The van der Waals surface area contributed by atoms with Crippen molar-refractivity contribution in [3.05, 3.63) is 23.9 Å². The highest BCUT2D eigenvalue weighted by Crippen LogP contribution is 2.24. The molecule has 1 aromatic heterocycles. The van der Waals surface area contributed by atoms with Crippen LogP contribution in [-0.4, -0.2) is 34.8 Å². The van der Waals surface area contributed by atoms with Crippen LogP contribution < -0.4 is 10.1 Å². The minimum atomic E-state index is -0.389. The van der Waals surface area contributed by atoms with Crippen molar-refractivity contribution in [1.29, 1.82) is 0 Å². The van der Waals surface area contributed by atoms with Gasteiger partial charge in [0, 0.05) is 24.4 Å². The van der Waals surface area contributed by atoms with E-state index in [0.717, 1.165) is 12.8 Å². The average Bonchev–Trinajstić information content (AvgIpc) is 2.43. The van der Waals surface area contributed by atoms with Crippen molar-refractivity contribution in [3.63, 3.8) is 0 Å². The van der Waals surface area contributed by atoms with Gasteiger partial charge < -0.3 is 15.2 Å². The fourth-order valence-electron chi connectivity index (χ4n) is 2.04. The number of aliphatic hydroxyl groups is 1. The normalized spacial score (nSPS) is 16.4. The molecule has 1 saturated carbocycles. The van der Waals surface area contributed by atoms with E-state index in [2.05, 4.69) is 10.3 Å². The van der Waals surface area contributed by atoms with Gasteiger partial charge in [0.05, 0.1) is 6.10 Å². The number of nitrogens with one attached hydrogen (secondary N) is 1. The van der Waals surface area contributed by atoms with Crippen LogP contribution in [0, 0.1) is 5.92 Å². The monoisotopic (exact) mass is 292 g/mol. The molecule has 2 N–H and O–H groups in total. The summed E-state index contributed by atoms with van der Waals surface area (Å²) in [7, 11) is 0. The van der Waals surface area contributed by atoms with E-state index in [1.165, 1.54) is 6.42 Å². The number of hydrogen-bond donors (Lipinski definition) is 2. The van der Waals surface area contributed by atoms with Crippen molar-refractivity contribution < 1.29 is 14.6 Å². The standard InChI is InChI=1S/C16H24N2O3/c1-11(2)14(19)7-9-18-16(20)12-6-8-17-15(10-12)21-13-4-3-5-13/h6,8,10-11,13-14,19H,3-5,7,9H2,1-2H3,(H,18,20). The highest BCUT2D eigenvalue weighted by atomic mass is 16.5. The maximum atomic E-state index is 12.0. The van der Waals surface area contributed by atoms with E-state index in [-0.39, 0.29) is 24.0 Å². The first-order valence-electron chi connectivity index (χ1n) is 7.65. The smallest absolute Gasteiger partial charge is 0.251 e.